The molecule has 0 bridgehead atoms. The van der Waals surface area contributed by atoms with Gasteiger partial charge in [-0.05, 0) is 50.6 Å². The van der Waals surface area contributed by atoms with Crippen LogP contribution in [0.4, 0.5) is 0 Å². The molecular weight excluding hydrogens is 254 g/mol. The van der Waals surface area contributed by atoms with E-state index in [1.807, 2.05) is 13.0 Å². The van der Waals surface area contributed by atoms with Gasteiger partial charge >= 0.3 is 5.63 Å². The largest absolute Gasteiger partial charge is 0.507 e. The molecule has 1 N–H and O–H groups in total. The van der Waals surface area contributed by atoms with Gasteiger partial charge in [0, 0.05) is 18.0 Å². The summed E-state index contributed by atoms with van der Waals surface area (Å²) in [6.45, 7) is 4.59. The van der Waals surface area contributed by atoms with Crippen LogP contribution < -0.4 is 5.63 Å². The number of fused-ring (bicyclic) bond motifs is 1. The molecule has 1 fully saturated rings. The Kier molecular flexibility index (Phi) is 3.49. The van der Waals surface area contributed by atoms with Gasteiger partial charge in [0.05, 0.1) is 5.56 Å². The van der Waals surface area contributed by atoms with Crippen LogP contribution in [-0.2, 0) is 6.54 Å². The lowest BCUT2D eigenvalue weighted by molar-refractivity contribution is 0.218. The van der Waals surface area contributed by atoms with Gasteiger partial charge in [-0.25, -0.2) is 4.79 Å². The van der Waals surface area contributed by atoms with Gasteiger partial charge in [-0.1, -0.05) is 6.42 Å². The van der Waals surface area contributed by atoms with Gasteiger partial charge < -0.3 is 9.52 Å². The summed E-state index contributed by atoms with van der Waals surface area (Å²) in [5, 5.41) is 11.0. The second-order valence-electron chi connectivity index (χ2n) is 5.53. The van der Waals surface area contributed by atoms with Crippen molar-refractivity contribution < 1.29 is 9.52 Å². The summed E-state index contributed by atoms with van der Waals surface area (Å²) in [6, 6.07) is 4.99. The Balaban J connectivity index is 2.08. The summed E-state index contributed by atoms with van der Waals surface area (Å²) in [5.41, 5.74) is 1.78. The van der Waals surface area contributed by atoms with Gasteiger partial charge in [0.15, 0.2) is 0 Å². The highest BCUT2D eigenvalue weighted by atomic mass is 16.4. The van der Waals surface area contributed by atoms with Crippen molar-refractivity contribution in [2.45, 2.75) is 32.7 Å². The van der Waals surface area contributed by atoms with Crippen molar-refractivity contribution in [1.82, 2.24) is 4.90 Å². The quantitative estimate of drug-likeness (QED) is 0.855. The first kappa shape index (κ1) is 13.2. The van der Waals surface area contributed by atoms with Gasteiger partial charge in [-0.3, -0.25) is 4.90 Å². The van der Waals surface area contributed by atoms with Crippen LogP contribution in [0.25, 0.3) is 11.0 Å². The molecule has 4 nitrogen and oxygen atoms in total. The third-order valence-electron chi connectivity index (χ3n) is 4.03. The van der Waals surface area contributed by atoms with E-state index in [1.54, 1.807) is 6.07 Å². The average molecular weight is 273 g/mol. The standard InChI is InChI=1S/C16H19NO3/c1-11-9-15(19)20-16-12(11)5-6-14(18)13(16)10-17-7-3-2-4-8-17/h5-6,9,18H,2-4,7-8,10H2,1H3. The lowest BCUT2D eigenvalue weighted by Gasteiger charge is -2.26. The number of hydrogen-bond acceptors (Lipinski definition) is 4. The van der Waals surface area contributed by atoms with Crippen molar-refractivity contribution in [2.24, 2.45) is 0 Å². The summed E-state index contributed by atoms with van der Waals surface area (Å²) in [4.78, 5) is 13.9. The predicted octanol–water partition coefficient (Wildman–Crippen LogP) is 2.79. The highest BCUT2D eigenvalue weighted by Crippen LogP contribution is 2.29. The minimum Gasteiger partial charge on any atom is -0.507 e. The SMILES string of the molecule is Cc1cc(=O)oc2c(CN3CCCCC3)c(O)ccc12. The number of rotatable bonds is 2. The predicted molar refractivity (Wildman–Crippen MR) is 78.0 cm³/mol. The first-order valence-corrected chi connectivity index (χ1v) is 7.13. The van der Waals surface area contributed by atoms with E-state index in [4.69, 9.17) is 4.42 Å². The molecule has 0 unspecified atom stereocenters. The van der Waals surface area contributed by atoms with Gasteiger partial charge in [0.1, 0.15) is 11.3 Å². The van der Waals surface area contributed by atoms with Crippen LogP contribution in [-0.4, -0.2) is 23.1 Å². The summed E-state index contributed by atoms with van der Waals surface area (Å²) in [6.07, 6.45) is 3.65. The zero-order valence-electron chi connectivity index (χ0n) is 11.7. The van der Waals surface area contributed by atoms with E-state index in [2.05, 4.69) is 4.90 Å². The van der Waals surface area contributed by atoms with Crippen molar-refractivity contribution in [3.63, 3.8) is 0 Å². The average Bonchev–Trinajstić information content (AvgIpc) is 2.43. The number of benzene rings is 1. The molecule has 0 radical (unpaired) electrons. The van der Waals surface area contributed by atoms with E-state index in [0.717, 1.165) is 29.6 Å². The molecule has 1 aromatic carbocycles. The molecule has 0 aliphatic carbocycles. The van der Waals surface area contributed by atoms with Crippen molar-refractivity contribution in [3.05, 3.63) is 39.7 Å². The Bertz CT molecular complexity index is 684. The minimum atomic E-state index is -0.361. The van der Waals surface area contributed by atoms with Crippen molar-refractivity contribution >= 4 is 11.0 Å². The Hall–Kier alpha value is -1.81. The summed E-state index contributed by atoms with van der Waals surface area (Å²) in [5.74, 6) is 0.205. The Labute approximate surface area is 117 Å². The Morgan fingerprint density at radius 1 is 1.25 bits per heavy atom. The summed E-state index contributed by atoms with van der Waals surface area (Å²) < 4.78 is 5.35. The highest BCUT2D eigenvalue weighted by molar-refractivity contribution is 5.84. The fraction of sp³-hybridized carbons (Fsp3) is 0.438. The lowest BCUT2D eigenvalue weighted by atomic mass is 10.0. The number of piperidine rings is 1. The number of phenols is 1. The van der Waals surface area contributed by atoms with Gasteiger partial charge in [0.25, 0.3) is 0 Å². The molecule has 1 aromatic heterocycles. The molecule has 3 rings (SSSR count). The van der Waals surface area contributed by atoms with Crippen LogP contribution >= 0.6 is 0 Å². The zero-order valence-corrected chi connectivity index (χ0v) is 11.7. The maximum atomic E-state index is 11.6. The Morgan fingerprint density at radius 3 is 2.75 bits per heavy atom. The number of aromatic hydroxyl groups is 1. The monoisotopic (exact) mass is 273 g/mol. The molecule has 1 aliphatic heterocycles. The Morgan fingerprint density at radius 2 is 2.00 bits per heavy atom. The van der Waals surface area contributed by atoms with Crippen LogP contribution in [0.1, 0.15) is 30.4 Å². The first-order chi connectivity index (χ1) is 9.65. The van der Waals surface area contributed by atoms with Crippen LogP contribution in [0.2, 0.25) is 0 Å². The topological polar surface area (TPSA) is 53.7 Å². The van der Waals surface area contributed by atoms with E-state index in [1.165, 1.54) is 25.3 Å². The maximum absolute atomic E-state index is 11.6. The van der Waals surface area contributed by atoms with Crippen molar-refractivity contribution in [2.75, 3.05) is 13.1 Å². The van der Waals surface area contributed by atoms with Crippen LogP contribution in [0.5, 0.6) is 5.75 Å². The number of nitrogens with zero attached hydrogens (tertiary/aromatic N) is 1. The molecule has 0 spiro atoms. The number of phenolic OH excluding ortho intramolecular Hbond substituents is 1. The molecule has 1 aliphatic rings. The van der Waals surface area contributed by atoms with Crippen molar-refractivity contribution in [1.29, 1.82) is 0 Å². The lowest BCUT2D eigenvalue weighted by Crippen LogP contribution is -2.29. The molecule has 1 saturated heterocycles. The molecular formula is C16H19NO3. The van der Waals surface area contributed by atoms with E-state index in [-0.39, 0.29) is 11.4 Å². The molecule has 2 heterocycles. The molecule has 0 saturated carbocycles. The van der Waals surface area contributed by atoms with Crippen LogP contribution in [0.3, 0.4) is 0 Å². The number of hydrogen-bond donors (Lipinski definition) is 1. The first-order valence-electron chi connectivity index (χ1n) is 7.13. The highest BCUT2D eigenvalue weighted by Gasteiger charge is 2.17. The molecule has 2 aromatic rings. The normalized spacial score (nSPS) is 16.6. The van der Waals surface area contributed by atoms with E-state index >= 15 is 0 Å². The third-order valence-corrected chi connectivity index (χ3v) is 4.03. The second-order valence-corrected chi connectivity index (χ2v) is 5.53. The van der Waals surface area contributed by atoms with E-state index in [0.29, 0.717) is 12.1 Å². The molecule has 106 valence electrons. The second kappa shape index (κ2) is 5.29. The van der Waals surface area contributed by atoms with Crippen LogP contribution in [0.15, 0.2) is 27.4 Å². The van der Waals surface area contributed by atoms with E-state index < -0.39 is 0 Å². The van der Waals surface area contributed by atoms with Gasteiger partial charge in [-0.15, -0.1) is 0 Å². The molecule has 20 heavy (non-hydrogen) atoms. The fourth-order valence-corrected chi connectivity index (χ4v) is 2.92. The van der Waals surface area contributed by atoms with Gasteiger partial charge in [0.2, 0.25) is 0 Å². The van der Waals surface area contributed by atoms with Gasteiger partial charge in [-0.2, -0.15) is 0 Å². The number of likely N-dealkylation sites (tertiary alicyclic amines) is 1. The summed E-state index contributed by atoms with van der Waals surface area (Å²) in [7, 11) is 0. The van der Waals surface area contributed by atoms with E-state index in [9.17, 15) is 9.90 Å². The summed E-state index contributed by atoms with van der Waals surface area (Å²) >= 11 is 0. The number of aryl methyl sites for hydroxylation is 1. The molecule has 0 atom stereocenters. The van der Waals surface area contributed by atoms with Crippen molar-refractivity contribution in [3.8, 4) is 5.75 Å². The smallest absolute Gasteiger partial charge is 0.336 e. The van der Waals surface area contributed by atoms with Crippen LogP contribution in [0, 0.1) is 6.92 Å². The fourth-order valence-electron chi connectivity index (χ4n) is 2.92. The molecule has 0 amide bonds. The molecule has 4 heteroatoms. The third kappa shape index (κ3) is 2.43. The minimum absolute atomic E-state index is 0.205. The zero-order chi connectivity index (χ0) is 14.1. The maximum Gasteiger partial charge on any atom is 0.336 e.